The van der Waals surface area contributed by atoms with Crippen molar-refractivity contribution in [1.82, 2.24) is 0 Å². The van der Waals surface area contributed by atoms with Gasteiger partial charge in [-0.1, -0.05) is 18.2 Å². The Morgan fingerprint density at radius 3 is 2.83 bits per heavy atom. The second kappa shape index (κ2) is 8.06. The van der Waals surface area contributed by atoms with Gasteiger partial charge in [0, 0.05) is 11.3 Å². The average Bonchev–Trinajstić information content (AvgIpc) is 2.59. The number of hydrogen-bond donors (Lipinski definition) is 0. The van der Waals surface area contributed by atoms with Crippen molar-refractivity contribution in [2.75, 3.05) is 19.0 Å². The number of carbonyl (C=O) groups excluding carboxylic acids is 1. The van der Waals surface area contributed by atoms with Crippen LogP contribution in [0.5, 0.6) is 11.5 Å². The van der Waals surface area contributed by atoms with Gasteiger partial charge in [0.25, 0.3) is 0 Å². The van der Waals surface area contributed by atoms with E-state index < -0.39 is 0 Å². The first kappa shape index (κ1) is 15.9. The summed E-state index contributed by atoms with van der Waals surface area (Å²) in [6.45, 7) is 1.15. The first-order valence-corrected chi connectivity index (χ1v) is 8.92. The number of carbonyl (C=O) groups is 1. The summed E-state index contributed by atoms with van der Waals surface area (Å²) < 4.78 is 11.2. The van der Waals surface area contributed by atoms with Crippen LogP contribution in [0, 0.1) is 0 Å². The molecule has 4 heteroatoms. The number of thioether (sulfide) groups is 1. The highest BCUT2D eigenvalue weighted by Crippen LogP contribution is 2.28. The zero-order valence-electron chi connectivity index (χ0n) is 13.0. The zero-order chi connectivity index (χ0) is 15.9. The van der Waals surface area contributed by atoms with E-state index in [-0.39, 0.29) is 5.78 Å². The van der Waals surface area contributed by atoms with Crippen LogP contribution in [0.15, 0.2) is 53.4 Å². The maximum atomic E-state index is 11.8. The number of hydrogen-bond acceptors (Lipinski definition) is 4. The molecule has 2 aromatic carbocycles. The molecule has 0 spiro atoms. The first-order chi connectivity index (χ1) is 11.3. The fourth-order valence-electron chi connectivity index (χ4n) is 2.43. The van der Waals surface area contributed by atoms with Crippen LogP contribution in [-0.2, 0) is 0 Å². The van der Waals surface area contributed by atoms with Crippen LogP contribution < -0.4 is 9.47 Å². The summed E-state index contributed by atoms with van der Waals surface area (Å²) >= 11 is 1.87. The van der Waals surface area contributed by atoms with Gasteiger partial charge >= 0.3 is 0 Å². The molecule has 3 nitrogen and oxygen atoms in total. The SMILES string of the molecule is O=C1CCOc2ccc(OCCCCSc3ccccc3)cc21. The van der Waals surface area contributed by atoms with E-state index in [0.717, 1.165) is 24.3 Å². The van der Waals surface area contributed by atoms with Crippen LogP contribution in [0.2, 0.25) is 0 Å². The summed E-state index contributed by atoms with van der Waals surface area (Å²) in [6.07, 6.45) is 2.56. The van der Waals surface area contributed by atoms with E-state index in [1.54, 1.807) is 6.07 Å². The standard InChI is InChI=1S/C19H20O3S/c20-18-10-12-22-19-9-8-15(14-17(18)19)21-11-4-5-13-23-16-6-2-1-3-7-16/h1-3,6-9,14H,4-5,10-13H2. The van der Waals surface area contributed by atoms with Gasteiger partial charge in [-0.25, -0.2) is 0 Å². The van der Waals surface area contributed by atoms with Crippen LogP contribution in [0.1, 0.15) is 29.6 Å². The third-order valence-electron chi connectivity index (χ3n) is 3.66. The molecule has 0 radical (unpaired) electrons. The van der Waals surface area contributed by atoms with E-state index >= 15 is 0 Å². The van der Waals surface area contributed by atoms with E-state index in [4.69, 9.17) is 9.47 Å². The Balaban J connectivity index is 1.39. The molecule has 3 rings (SSSR count). The van der Waals surface area contributed by atoms with Gasteiger partial charge in [0.1, 0.15) is 11.5 Å². The quantitative estimate of drug-likeness (QED) is 0.549. The predicted octanol–water partition coefficient (Wildman–Crippen LogP) is 4.60. The molecular formula is C19H20O3S. The first-order valence-electron chi connectivity index (χ1n) is 7.93. The smallest absolute Gasteiger partial charge is 0.170 e. The van der Waals surface area contributed by atoms with Crippen molar-refractivity contribution in [3.63, 3.8) is 0 Å². The summed E-state index contributed by atoms with van der Waals surface area (Å²) in [5, 5.41) is 0. The molecule has 23 heavy (non-hydrogen) atoms. The van der Waals surface area contributed by atoms with Gasteiger partial charge in [-0.2, -0.15) is 0 Å². The molecule has 1 aliphatic heterocycles. The number of rotatable bonds is 7. The molecule has 0 aromatic heterocycles. The molecule has 0 unspecified atom stereocenters. The second-order valence-electron chi connectivity index (χ2n) is 5.40. The minimum Gasteiger partial charge on any atom is -0.494 e. The van der Waals surface area contributed by atoms with Crippen molar-refractivity contribution in [1.29, 1.82) is 0 Å². The Bertz CT molecular complexity index is 655. The van der Waals surface area contributed by atoms with Gasteiger partial charge in [0.15, 0.2) is 5.78 Å². The molecule has 0 saturated heterocycles. The Labute approximate surface area is 141 Å². The average molecular weight is 328 g/mol. The van der Waals surface area contributed by atoms with Crippen LogP contribution in [0.4, 0.5) is 0 Å². The van der Waals surface area contributed by atoms with Crippen molar-refractivity contribution < 1.29 is 14.3 Å². The van der Waals surface area contributed by atoms with Crippen molar-refractivity contribution in [2.45, 2.75) is 24.2 Å². The fourth-order valence-corrected chi connectivity index (χ4v) is 3.37. The predicted molar refractivity (Wildman–Crippen MR) is 92.8 cm³/mol. The van der Waals surface area contributed by atoms with Crippen molar-refractivity contribution in [2.24, 2.45) is 0 Å². The Kier molecular flexibility index (Phi) is 5.59. The maximum Gasteiger partial charge on any atom is 0.170 e. The molecule has 0 N–H and O–H groups in total. The van der Waals surface area contributed by atoms with Gasteiger partial charge in [0.2, 0.25) is 0 Å². The topological polar surface area (TPSA) is 35.5 Å². The minimum atomic E-state index is 0.135. The number of benzene rings is 2. The van der Waals surface area contributed by atoms with Gasteiger partial charge in [0.05, 0.1) is 18.8 Å². The summed E-state index contributed by atoms with van der Waals surface area (Å²) in [6, 6.07) is 15.9. The largest absolute Gasteiger partial charge is 0.494 e. The number of ketones is 1. The highest BCUT2D eigenvalue weighted by molar-refractivity contribution is 7.99. The van der Waals surface area contributed by atoms with Crippen molar-refractivity contribution in [3.05, 3.63) is 54.1 Å². The Hall–Kier alpha value is -1.94. The third kappa shape index (κ3) is 4.52. The molecule has 2 aromatic rings. The van der Waals surface area contributed by atoms with E-state index in [0.29, 0.717) is 30.9 Å². The van der Waals surface area contributed by atoms with Crippen molar-refractivity contribution in [3.8, 4) is 11.5 Å². The molecule has 0 fully saturated rings. The van der Waals surface area contributed by atoms with E-state index in [1.165, 1.54) is 4.90 Å². The monoisotopic (exact) mass is 328 g/mol. The fraction of sp³-hybridized carbons (Fsp3) is 0.316. The van der Waals surface area contributed by atoms with E-state index in [2.05, 4.69) is 24.3 Å². The number of ether oxygens (including phenoxy) is 2. The summed E-state index contributed by atoms with van der Waals surface area (Å²) in [4.78, 5) is 13.2. The van der Waals surface area contributed by atoms with Crippen molar-refractivity contribution >= 4 is 17.5 Å². The number of fused-ring (bicyclic) bond motifs is 1. The van der Waals surface area contributed by atoms with Crippen LogP contribution in [0.25, 0.3) is 0 Å². The lowest BCUT2D eigenvalue weighted by molar-refractivity contribution is 0.0933. The van der Waals surface area contributed by atoms with Crippen LogP contribution in [-0.4, -0.2) is 24.7 Å². The van der Waals surface area contributed by atoms with E-state index in [1.807, 2.05) is 30.0 Å². The molecular weight excluding hydrogens is 308 g/mol. The Morgan fingerprint density at radius 2 is 1.96 bits per heavy atom. The van der Waals surface area contributed by atoms with Crippen LogP contribution >= 0.6 is 11.8 Å². The van der Waals surface area contributed by atoms with E-state index in [9.17, 15) is 4.79 Å². The third-order valence-corrected chi connectivity index (χ3v) is 4.76. The molecule has 120 valence electrons. The molecule has 0 aliphatic carbocycles. The molecule has 1 heterocycles. The summed E-state index contributed by atoms with van der Waals surface area (Å²) in [7, 11) is 0. The van der Waals surface area contributed by atoms with Crippen LogP contribution in [0.3, 0.4) is 0 Å². The highest BCUT2D eigenvalue weighted by atomic mass is 32.2. The lowest BCUT2D eigenvalue weighted by Crippen LogP contribution is -2.15. The highest BCUT2D eigenvalue weighted by Gasteiger charge is 2.18. The molecule has 0 bridgehead atoms. The molecule has 0 amide bonds. The van der Waals surface area contributed by atoms with Gasteiger partial charge in [-0.3, -0.25) is 4.79 Å². The summed E-state index contributed by atoms with van der Waals surface area (Å²) in [5.41, 5.74) is 0.647. The minimum absolute atomic E-state index is 0.135. The summed E-state index contributed by atoms with van der Waals surface area (Å²) in [5.74, 6) is 2.64. The number of Topliss-reactive ketones (excluding diaryl/α,β-unsaturated/α-hetero) is 1. The second-order valence-corrected chi connectivity index (χ2v) is 6.57. The lowest BCUT2D eigenvalue weighted by atomic mass is 10.0. The maximum absolute atomic E-state index is 11.8. The molecule has 1 aliphatic rings. The number of unbranched alkanes of at least 4 members (excludes halogenated alkanes) is 1. The van der Waals surface area contributed by atoms with Gasteiger partial charge in [-0.15, -0.1) is 11.8 Å². The van der Waals surface area contributed by atoms with Gasteiger partial charge < -0.3 is 9.47 Å². The molecule has 0 saturated carbocycles. The molecule has 0 atom stereocenters. The lowest BCUT2D eigenvalue weighted by Gasteiger charge is -2.17. The van der Waals surface area contributed by atoms with Gasteiger partial charge in [-0.05, 0) is 48.9 Å². The Morgan fingerprint density at radius 1 is 1.09 bits per heavy atom. The zero-order valence-corrected chi connectivity index (χ0v) is 13.8. The normalized spacial score (nSPS) is 13.3.